The van der Waals surface area contributed by atoms with Crippen LogP contribution in [0.3, 0.4) is 0 Å². The molecule has 2 amide bonds. The van der Waals surface area contributed by atoms with Crippen molar-refractivity contribution in [1.82, 2.24) is 9.62 Å². The Bertz CT molecular complexity index is 1090. The first-order chi connectivity index (χ1) is 14.2. The predicted molar refractivity (Wildman–Crippen MR) is 114 cm³/mol. The third-order valence-corrected chi connectivity index (χ3v) is 5.38. The van der Waals surface area contributed by atoms with Crippen LogP contribution in [0.4, 0.5) is 0 Å². The Morgan fingerprint density at radius 2 is 1.60 bits per heavy atom. The molecule has 0 atom stereocenters. The van der Waals surface area contributed by atoms with Gasteiger partial charge in [-0.3, -0.25) is 9.59 Å². The second-order valence-electron chi connectivity index (χ2n) is 7.85. The van der Waals surface area contributed by atoms with Crippen LogP contribution in [0, 0.1) is 0 Å². The van der Waals surface area contributed by atoms with Crippen LogP contribution in [-0.4, -0.2) is 28.3 Å². The number of carbonyl (C=O) groups is 3. The summed E-state index contributed by atoms with van der Waals surface area (Å²) in [6.07, 6.45) is 3.01. The van der Waals surface area contributed by atoms with Gasteiger partial charge in [0.05, 0.1) is 22.5 Å². The molecule has 2 heterocycles. The number of benzene rings is 2. The molecule has 30 heavy (non-hydrogen) atoms. The number of imide groups is 1. The topological polar surface area (TPSA) is 75.7 Å². The summed E-state index contributed by atoms with van der Waals surface area (Å²) < 4.78 is 8.52. The van der Waals surface area contributed by atoms with Gasteiger partial charge in [0.2, 0.25) is 0 Å². The number of ether oxygens (including phenoxy) is 1. The highest BCUT2D eigenvalue weighted by molar-refractivity contribution is 7.97. The maximum atomic E-state index is 13.1. The van der Waals surface area contributed by atoms with E-state index in [1.807, 2.05) is 24.3 Å². The molecule has 0 aliphatic carbocycles. The van der Waals surface area contributed by atoms with Gasteiger partial charge >= 0.3 is 5.97 Å². The minimum Gasteiger partial charge on any atom is -0.457 e. The normalized spacial score (nSPS) is 17.1. The summed E-state index contributed by atoms with van der Waals surface area (Å²) in [4.78, 5) is 40.7. The summed E-state index contributed by atoms with van der Waals surface area (Å²) >= 11 is 1.30. The molecule has 7 heteroatoms. The lowest BCUT2D eigenvalue weighted by Gasteiger charge is -2.21. The lowest BCUT2D eigenvalue weighted by Crippen LogP contribution is -2.32. The van der Waals surface area contributed by atoms with Crippen LogP contribution in [0.2, 0.25) is 0 Å². The number of nitrogens with one attached hydrogen (secondary N) is 1. The first-order valence-electron chi connectivity index (χ1n) is 9.41. The molecule has 2 aromatic rings. The molecule has 0 spiro atoms. The molecule has 0 saturated carbocycles. The van der Waals surface area contributed by atoms with Gasteiger partial charge in [-0.15, -0.1) is 0 Å². The molecule has 4 rings (SSSR count). The van der Waals surface area contributed by atoms with Gasteiger partial charge in [0.15, 0.2) is 0 Å². The number of nitrogens with zero attached hydrogens (tertiary/aromatic N) is 1. The van der Waals surface area contributed by atoms with Gasteiger partial charge in [-0.05, 0) is 62.6 Å². The number of hydrogen-bond acceptors (Lipinski definition) is 6. The summed E-state index contributed by atoms with van der Waals surface area (Å²) in [7, 11) is 0. The van der Waals surface area contributed by atoms with Gasteiger partial charge < -0.3 is 9.46 Å². The Morgan fingerprint density at radius 1 is 1.00 bits per heavy atom. The van der Waals surface area contributed by atoms with Crippen molar-refractivity contribution in [3.63, 3.8) is 0 Å². The minimum absolute atomic E-state index is 0.296. The van der Waals surface area contributed by atoms with E-state index in [0.717, 1.165) is 15.4 Å². The maximum Gasteiger partial charge on any atom is 0.333 e. The molecule has 2 aliphatic rings. The van der Waals surface area contributed by atoms with Crippen molar-refractivity contribution in [1.29, 1.82) is 0 Å². The van der Waals surface area contributed by atoms with Crippen LogP contribution >= 0.6 is 11.9 Å². The number of amides is 2. The third-order valence-electron chi connectivity index (χ3n) is 4.46. The van der Waals surface area contributed by atoms with Crippen molar-refractivity contribution in [2.24, 2.45) is 0 Å². The molecule has 1 N–H and O–H groups in total. The van der Waals surface area contributed by atoms with E-state index in [1.165, 1.54) is 18.0 Å². The Labute approximate surface area is 178 Å². The molecule has 0 fully saturated rings. The molecular weight excluding hydrogens is 400 g/mol. The molecule has 2 aromatic carbocycles. The second kappa shape index (κ2) is 7.50. The van der Waals surface area contributed by atoms with Crippen LogP contribution < -0.4 is 4.72 Å². The fourth-order valence-corrected chi connectivity index (χ4v) is 4.00. The minimum atomic E-state index is -0.672. The molecule has 0 radical (unpaired) electrons. The summed E-state index contributed by atoms with van der Waals surface area (Å²) in [5.41, 5.74) is 1.45. The molecule has 152 valence electrons. The zero-order valence-corrected chi connectivity index (χ0v) is 17.6. The highest BCUT2D eigenvalue weighted by Gasteiger charge is 2.39. The average molecular weight is 420 g/mol. The van der Waals surface area contributed by atoms with Crippen molar-refractivity contribution >= 4 is 35.8 Å². The quantitative estimate of drug-likeness (QED) is 0.340. The monoisotopic (exact) mass is 420 g/mol. The van der Waals surface area contributed by atoms with E-state index in [4.69, 9.17) is 4.74 Å². The van der Waals surface area contributed by atoms with Crippen LogP contribution in [0.5, 0.6) is 0 Å². The van der Waals surface area contributed by atoms with Crippen molar-refractivity contribution in [3.8, 4) is 0 Å². The second-order valence-corrected chi connectivity index (χ2v) is 8.70. The van der Waals surface area contributed by atoms with Crippen molar-refractivity contribution in [3.05, 3.63) is 82.7 Å². The van der Waals surface area contributed by atoms with Gasteiger partial charge in [0, 0.05) is 11.0 Å². The van der Waals surface area contributed by atoms with Gasteiger partial charge in [-0.2, -0.15) is 0 Å². The fraction of sp³-hybridized carbons (Fsp3) is 0.174. The van der Waals surface area contributed by atoms with Crippen LogP contribution in [-0.2, 0) is 9.53 Å². The first kappa shape index (κ1) is 20.0. The van der Waals surface area contributed by atoms with E-state index >= 15 is 0 Å². The van der Waals surface area contributed by atoms with E-state index in [9.17, 15) is 14.4 Å². The van der Waals surface area contributed by atoms with Gasteiger partial charge in [0.1, 0.15) is 5.60 Å². The summed E-state index contributed by atoms with van der Waals surface area (Å²) in [5, 5.41) is 0. The van der Waals surface area contributed by atoms with Gasteiger partial charge in [-0.1, -0.05) is 30.3 Å². The predicted octanol–water partition coefficient (Wildman–Crippen LogP) is 4.16. The maximum absolute atomic E-state index is 13.1. The van der Waals surface area contributed by atoms with Crippen molar-refractivity contribution in [2.75, 3.05) is 0 Å². The lowest BCUT2D eigenvalue weighted by atomic mass is 10.1. The fourth-order valence-electron chi connectivity index (χ4n) is 3.23. The Morgan fingerprint density at radius 3 is 2.23 bits per heavy atom. The summed E-state index contributed by atoms with van der Waals surface area (Å²) in [6.45, 7) is 5.32. The van der Waals surface area contributed by atoms with Crippen LogP contribution in [0.15, 0.2) is 70.9 Å². The van der Waals surface area contributed by atoms with E-state index in [2.05, 4.69) is 4.72 Å². The number of carbonyl (C=O) groups excluding carboxylic acids is 3. The molecule has 0 bridgehead atoms. The molecule has 6 nitrogen and oxygen atoms in total. The molecular formula is C23H20N2O4S. The van der Waals surface area contributed by atoms with Crippen molar-refractivity contribution in [2.45, 2.75) is 31.3 Å². The lowest BCUT2D eigenvalue weighted by molar-refractivity contribution is -0.148. The Kier molecular flexibility index (Phi) is 4.99. The van der Waals surface area contributed by atoms with E-state index in [1.54, 1.807) is 51.1 Å². The highest BCUT2D eigenvalue weighted by Crippen LogP contribution is 2.35. The zero-order valence-electron chi connectivity index (χ0n) is 16.8. The molecule has 0 saturated heterocycles. The first-order valence-corrected chi connectivity index (χ1v) is 10.2. The van der Waals surface area contributed by atoms with E-state index in [0.29, 0.717) is 22.5 Å². The van der Waals surface area contributed by atoms with Crippen molar-refractivity contribution < 1.29 is 19.1 Å². The highest BCUT2D eigenvalue weighted by atomic mass is 32.2. The molecule has 0 unspecified atom stereocenters. The summed E-state index contributed by atoms with van der Waals surface area (Å²) in [6, 6.07) is 14.3. The zero-order chi connectivity index (χ0) is 21.5. The summed E-state index contributed by atoms with van der Waals surface area (Å²) in [5.74, 6) is -1.43. The third kappa shape index (κ3) is 3.76. The van der Waals surface area contributed by atoms with Gasteiger partial charge in [-0.25, -0.2) is 9.69 Å². The Hall–Kier alpha value is -3.32. The SMILES string of the molecule is CC(C)(C)OC(=O)C=C1NSc2ccccc2C=C1N1C(=O)c2ccccc2C1=O. The van der Waals surface area contributed by atoms with Gasteiger partial charge in [0.25, 0.3) is 11.8 Å². The van der Waals surface area contributed by atoms with E-state index in [-0.39, 0.29) is 0 Å². The van der Waals surface area contributed by atoms with Crippen LogP contribution in [0.1, 0.15) is 47.1 Å². The standard InChI is InChI=1S/C23H20N2O4S/c1-23(2,3)29-20(26)13-17-18(12-14-8-4-7-11-19(14)30-24-17)25-21(27)15-9-5-6-10-16(15)22(25)28/h4-13,24H,1-3H3. The number of esters is 1. The van der Waals surface area contributed by atoms with Crippen LogP contribution in [0.25, 0.3) is 6.08 Å². The smallest absolute Gasteiger partial charge is 0.333 e. The largest absolute Gasteiger partial charge is 0.457 e. The number of rotatable bonds is 2. The number of hydrogen-bond donors (Lipinski definition) is 1. The molecule has 2 aliphatic heterocycles. The number of fused-ring (bicyclic) bond motifs is 2. The average Bonchev–Trinajstić information content (AvgIpc) is 2.83. The Balaban J connectivity index is 1.82. The van der Waals surface area contributed by atoms with E-state index < -0.39 is 23.4 Å². The molecule has 0 aromatic heterocycles.